The van der Waals surface area contributed by atoms with Gasteiger partial charge in [0, 0.05) is 48.7 Å². The van der Waals surface area contributed by atoms with Crippen molar-refractivity contribution in [3.05, 3.63) is 35.5 Å². The van der Waals surface area contributed by atoms with Crippen molar-refractivity contribution in [3.8, 4) is 0 Å². The Bertz CT molecular complexity index is 984. The first-order valence-corrected chi connectivity index (χ1v) is 12.5. The van der Waals surface area contributed by atoms with E-state index in [9.17, 15) is 9.59 Å². The number of likely N-dealkylation sites (tertiary alicyclic amines) is 1. The number of rotatable bonds is 8. The van der Waals surface area contributed by atoms with Crippen LogP contribution in [0.5, 0.6) is 0 Å². The lowest BCUT2D eigenvalue weighted by Gasteiger charge is -2.47. The highest BCUT2D eigenvalue weighted by atomic mass is 16.2. The van der Waals surface area contributed by atoms with Gasteiger partial charge >= 0.3 is 6.03 Å². The maximum absolute atomic E-state index is 13.8. The van der Waals surface area contributed by atoms with Crippen molar-refractivity contribution in [1.29, 1.82) is 0 Å². The van der Waals surface area contributed by atoms with Crippen LogP contribution in [0.2, 0.25) is 0 Å². The molecule has 0 radical (unpaired) electrons. The smallest absolute Gasteiger partial charge is 0.324 e. The molecule has 3 atom stereocenters. The maximum Gasteiger partial charge on any atom is 0.324 e. The molecule has 2 N–H and O–H groups in total. The van der Waals surface area contributed by atoms with Crippen LogP contribution in [0.1, 0.15) is 50.2 Å². The average Bonchev–Trinajstić information content (AvgIpc) is 3.21. The number of hydrogen-bond acceptors (Lipinski definition) is 4. The van der Waals surface area contributed by atoms with Crippen molar-refractivity contribution in [2.24, 2.45) is 5.92 Å². The van der Waals surface area contributed by atoms with Gasteiger partial charge in [-0.15, -0.1) is 0 Å². The van der Waals surface area contributed by atoms with Gasteiger partial charge in [-0.3, -0.25) is 14.6 Å². The van der Waals surface area contributed by atoms with E-state index in [4.69, 9.17) is 0 Å². The molecule has 0 spiro atoms. The average molecular weight is 454 g/mol. The molecule has 3 amide bonds. The molecule has 2 heterocycles. The Balaban J connectivity index is 1.61. The van der Waals surface area contributed by atoms with Crippen molar-refractivity contribution < 1.29 is 9.59 Å². The number of hydrogen-bond donors (Lipinski definition) is 2. The van der Waals surface area contributed by atoms with Crippen LogP contribution < -0.4 is 5.32 Å². The number of benzene rings is 1. The number of piperidine rings is 1. The second-order valence-corrected chi connectivity index (χ2v) is 9.87. The molecular formula is C26H39N5O2. The quantitative estimate of drug-likeness (QED) is 0.643. The number of H-pyrrole nitrogens is 1. The van der Waals surface area contributed by atoms with E-state index in [0.29, 0.717) is 25.0 Å². The Kier molecular flexibility index (Phi) is 7.39. The van der Waals surface area contributed by atoms with Crippen molar-refractivity contribution in [2.75, 3.05) is 46.8 Å². The second kappa shape index (κ2) is 10.3. The lowest BCUT2D eigenvalue weighted by atomic mass is 9.72. The Hall–Kier alpha value is -2.38. The fourth-order valence-electron chi connectivity index (χ4n) is 5.84. The second-order valence-electron chi connectivity index (χ2n) is 9.87. The fourth-order valence-corrected chi connectivity index (χ4v) is 5.84. The molecule has 4 rings (SSSR count). The van der Waals surface area contributed by atoms with E-state index < -0.39 is 0 Å². The normalized spacial score (nSPS) is 22.4. The summed E-state index contributed by atoms with van der Waals surface area (Å²) < 4.78 is 0. The minimum Gasteiger partial charge on any atom is -0.361 e. The van der Waals surface area contributed by atoms with Gasteiger partial charge in [0.1, 0.15) is 0 Å². The van der Waals surface area contributed by atoms with Crippen molar-refractivity contribution in [3.63, 3.8) is 0 Å². The number of nitrogens with one attached hydrogen (secondary N) is 2. The van der Waals surface area contributed by atoms with Crippen LogP contribution in [0.25, 0.3) is 10.9 Å². The molecule has 7 heteroatoms. The number of carbonyl (C=O) groups excluding carboxylic acids is 2. The van der Waals surface area contributed by atoms with Crippen LogP contribution in [-0.2, 0) is 11.2 Å². The van der Waals surface area contributed by atoms with E-state index in [2.05, 4.69) is 51.4 Å². The number of urea groups is 1. The topological polar surface area (TPSA) is 71.7 Å². The maximum atomic E-state index is 13.8. The summed E-state index contributed by atoms with van der Waals surface area (Å²) in [6, 6.07) is 6.66. The lowest BCUT2D eigenvalue weighted by molar-refractivity contribution is -0.135. The van der Waals surface area contributed by atoms with Crippen LogP contribution in [0.4, 0.5) is 4.79 Å². The summed E-state index contributed by atoms with van der Waals surface area (Å²) in [5, 5.41) is 4.20. The van der Waals surface area contributed by atoms with Crippen LogP contribution in [0, 0.1) is 5.92 Å². The van der Waals surface area contributed by atoms with E-state index in [1.54, 1.807) is 0 Å². The monoisotopic (exact) mass is 453 g/mol. The molecule has 180 valence electrons. The van der Waals surface area contributed by atoms with E-state index in [0.717, 1.165) is 45.3 Å². The molecule has 2 aliphatic rings. The lowest BCUT2D eigenvalue weighted by Crippen LogP contribution is -2.55. The van der Waals surface area contributed by atoms with Gasteiger partial charge < -0.3 is 15.2 Å². The highest BCUT2D eigenvalue weighted by Gasteiger charge is 2.43. The molecule has 7 nitrogen and oxygen atoms in total. The summed E-state index contributed by atoms with van der Waals surface area (Å²) in [7, 11) is 4.03. The van der Waals surface area contributed by atoms with Gasteiger partial charge in [-0.25, -0.2) is 4.79 Å². The predicted molar refractivity (Wildman–Crippen MR) is 132 cm³/mol. The third-order valence-corrected chi connectivity index (χ3v) is 7.26. The van der Waals surface area contributed by atoms with Gasteiger partial charge in [0.2, 0.25) is 5.91 Å². The predicted octanol–water partition coefficient (Wildman–Crippen LogP) is 3.42. The Morgan fingerprint density at radius 2 is 2.03 bits per heavy atom. The molecule has 33 heavy (non-hydrogen) atoms. The summed E-state index contributed by atoms with van der Waals surface area (Å²) in [6.07, 6.45) is 5.81. The van der Waals surface area contributed by atoms with Crippen molar-refractivity contribution in [1.82, 2.24) is 25.0 Å². The fraction of sp³-hybridized carbons (Fsp3) is 0.615. The van der Waals surface area contributed by atoms with Gasteiger partial charge in [0.25, 0.3) is 0 Å². The summed E-state index contributed by atoms with van der Waals surface area (Å²) in [6.45, 7) is 7.62. The van der Waals surface area contributed by atoms with Gasteiger partial charge in [-0.1, -0.05) is 19.1 Å². The SMILES string of the molecule is CCCN1CC(C(=O)N(CCCN(C)C)C(=O)NCC)CC2c3cccc4[nH]cc(c34)C[C@H]21. The number of aromatic nitrogens is 1. The van der Waals surface area contributed by atoms with Gasteiger partial charge in [-0.2, -0.15) is 0 Å². The minimum atomic E-state index is -0.260. The molecule has 1 fully saturated rings. The molecule has 0 bridgehead atoms. The van der Waals surface area contributed by atoms with Gasteiger partial charge in [-0.05, 0) is 77.0 Å². The molecular weight excluding hydrogens is 414 g/mol. The highest BCUT2D eigenvalue weighted by molar-refractivity contribution is 5.96. The summed E-state index contributed by atoms with van der Waals surface area (Å²) in [5.74, 6) is 0.117. The highest BCUT2D eigenvalue weighted by Crippen LogP contribution is 2.45. The molecule has 1 saturated heterocycles. The van der Waals surface area contributed by atoms with Crippen molar-refractivity contribution >= 4 is 22.8 Å². The third kappa shape index (κ3) is 4.80. The van der Waals surface area contributed by atoms with E-state index in [-0.39, 0.29) is 17.9 Å². The standard InChI is InChI=1S/C26H39N5O2/c1-5-11-30-17-19(25(32)31(26(33)27-6-2)13-8-12-29(3)4)14-21-20-9-7-10-22-24(20)18(16-28-22)15-23(21)30/h7,9-10,16,19,21,23,28H,5-6,8,11-15,17H2,1-4H3,(H,27,33)/t19?,21?,23-/m1/s1. The molecule has 2 aromatic rings. The van der Waals surface area contributed by atoms with Gasteiger partial charge in [0.15, 0.2) is 0 Å². The molecule has 1 aromatic heterocycles. The number of amides is 3. The number of fused-ring (bicyclic) bond motifs is 2. The Morgan fingerprint density at radius 3 is 2.76 bits per heavy atom. The third-order valence-electron chi connectivity index (χ3n) is 7.26. The Morgan fingerprint density at radius 1 is 1.21 bits per heavy atom. The van der Waals surface area contributed by atoms with Crippen LogP contribution in [-0.4, -0.2) is 84.5 Å². The Labute approximate surface area is 197 Å². The molecule has 1 aliphatic heterocycles. The summed E-state index contributed by atoms with van der Waals surface area (Å²) in [5.41, 5.74) is 3.93. The molecule has 1 aliphatic carbocycles. The van der Waals surface area contributed by atoms with E-state index in [1.807, 2.05) is 21.0 Å². The van der Waals surface area contributed by atoms with E-state index in [1.165, 1.54) is 26.9 Å². The zero-order chi connectivity index (χ0) is 23.5. The molecule has 2 unspecified atom stereocenters. The zero-order valence-corrected chi connectivity index (χ0v) is 20.6. The largest absolute Gasteiger partial charge is 0.361 e. The number of imide groups is 1. The minimum absolute atomic E-state index is 0.0219. The number of carbonyl (C=O) groups is 2. The number of nitrogens with zero attached hydrogens (tertiary/aromatic N) is 3. The van der Waals surface area contributed by atoms with Crippen molar-refractivity contribution in [2.45, 2.75) is 51.5 Å². The first-order chi connectivity index (χ1) is 15.9. The first-order valence-electron chi connectivity index (χ1n) is 12.5. The van der Waals surface area contributed by atoms with Gasteiger partial charge in [0.05, 0.1) is 5.92 Å². The number of aromatic amines is 1. The zero-order valence-electron chi connectivity index (χ0n) is 20.6. The molecule has 1 aromatic carbocycles. The first kappa shape index (κ1) is 23.8. The summed E-state index contributed by atoms with van der Waals surface area (Å²) in [4.78, 5) is 36.1. The molecule has 0 saturated carbocycles. The van der Waals surface area contributed by atoms with Crippen LogP contribution in [0.3, 0.4) is 0 Å². The van der Waals surface area contributed by atoms with E-state index >= 15 is 0 Å². The van der Waals surface area contributed by atoms with Crippen LogP contribution in [0.15, 0.2) is 24.4 Å². The van der Waals surface area contributed by atoms with Crippen LogP contribution >= 0.6 is 0 Å². The summed E-state index contributed by atoms with van der Waals surface area (Å²) >= 11 is 0.